The molecule has 0 saturated heterocycles. The van der Waals surface area contributed by atoms with E-state index < -0.39 is 0 Å². The van der Waals surface area contributed by atoms with Gasteiger partial charge in [-0.25, -0.2) is 4.68 Å². The van der Waals surface area contributed by atoms with Gasteiger partial charge < -0.3 is 5.73 Å². The first-order valence-electron chi connectivity index (χ1n) is 5.43. The van der Waals surface area contributed by atoms with E-state index in [9.17, 15) is 0 Å². The van der Waals surface area contributed by atoms with Gasteiger partial charge in [-0.1, -0.05) is 18.2 Å². The van der Waals surface area contributed by atoms with Gasteiger partial charge in [0.25, 0.3) is 0 Å². The molecule has 0 saturated carbocycles. The highest BCUT2D eigenvalue weighted by Crippen LogP contribution is 2.15. The second-order valence-electron chi connectivity index (χ2n) is 4.23. The van der Waals surface area contributed by atoms with Gasteiger partial charge in [0.05, 0.1) is 12.2 Å². The number of nitrogens with zero attached hydrogens (tertiary/aromatic N) is 2. The number of benzene rings is 1. The SMILES string of the molecule is Cc1cc(N)n(Cc2cccc(C)c2C)n1. The minimum absolute atomic E-state index is 0.721. The maximum Gasteiger partial charge on any atom is 0.122 e. The van der Waals surface area contributed by atoms with Crippen LogP contribution >= 0.6 is 0 Å². The Labute approximate surface area is 95.9 Å². The molecule has 0 bridgehead atoms. The minimum atomic E-state index is 0.721. The van der Waals surface area contributed by atoms with Crippen molar-refractivity contribution in [3.8, 4) is 0 Å². The Hall–Kier alpha value is -1.77. The normalized spacial score (nSPS) is 10.7. The van der Waals surface area contributed by atoms with Gasteiger partial charge in [-0.3, -0.25) is 0 Å². The molecule has 0 fully saturated rings. The average molecular weight is 215 g/mol. The molecule has 84 valence electrons. The molecule has 0 unspecified atom stereocenters. The van der Waals surface area contributed by atoms with Gasteiger partial charge in [-0.15, -0.1) is 0 Å². The molecule has 0 aliphatic heterocycles. The summed E-state index contributed by atoms with van der Waals surface area (Å²) < 4.78 is 1.84. The molecule has 2 rings (SSSR count). The van der Waals surface area contributed by atoms with Gasteiger partial charge in [0.2, 0.25) is 0 Å². The third kappa shape index (κ3) is 1.94. The molecule has 0 aliphatic carbocycles. The van der Waals surface area contributed by atoms with Crippen molar-refractivity contribution in [2.75, 3.05) is 5.73 Å². The lowest BCUT2D eigenvalue weighted by atomic mass is 10.0. The Morgan fingerprint density at radius 3 is 2.62 bits per heavy atom. The number of aromatic nitrogens is 2. The molecule has 2 aromatic rings. The first-order chi connectivity index (χ1) is 7.58. The molecule has 0 atom stereocenters. The van der Waals surface area contributed by atoms with Crippen LogP contribution in [0.4, 0.5) is 5.82 Å². The first-order valence-corrected chi connectivity index (χ1v) is 5.43. The fourth-order valence-corrected chi connectivity index (χ4v) is 1.84. The Bertz CT molecular complexity index is 512. The molecule has 0 radical (unpaired) electrons. The van der Waals surface area contributed by atoms with E-state index in [0.29, 0.717) is 0 Å². The third-order valence-corrected chi connectivity index (χ3v) is 2.97. The number of rotatable bonds is 2. The lowest BCUT2D eigenvalue weighted by Crippen LogP contribution is -2.07. The number of aryl methyl sites for hydroxylation is 2. The molecule has 3 nitrogen and oxygen atoms in total. The van der Waals surface area contributed by atoms with Crippen LogP contribution in [0.2, 0.25) is 0 Å². The Kier molecular flexibility index (Phi) is 2.69. The highest BCUT2D eigenvalue weighted by atomic mass is 15.3. The molecule has 2 N–H and O–H groups in total. The quantitative estimate of drug-likeness (QED) is 0.836. The summed E-state index contributed by atoms with van der Waals surface area (Å²) in [5.74, 6) is 0.721. The molecule has 0 aliphatic rings. The van der Waals surface area contributed by atoms with Crippen LogP contribution in [0.15, 0.2) is 24.3 Å². The van der Waals surface area contributed by atoms with E-state index in [2.05, 4.69) is 37.1 Å². The smallest absolute Gasteiger partial charge is 0.122 e. The lowest BCUT2D eigenvalue weighted by Gasteiger charge is -2.09. The molecule has 1 aromatic carbocycles. The van der Waals surface area contributed by atoms with Gasteiger partial charge in [-0.05, 0) is 37.5 Å². The maximum absolute atomic E-state index is 5.88. The summed E-state index contributed by atoms with van der Waals surface area (Å²) in [7, 11) is 0. The van der Waals surface area contributed by atoms with E-state index in [1.165, 1.54) is 16.7 Å². The molecular weight excluding hydrogens is 198 g/mol. The van der Waals surface area contributed by atoms with E-state index in [1.807, 2.05) is 17.7 Å². The summed E-state index contributed by atoms with van der Waals surface area (Å²) in [4.78, 5) is 0. The van der Waals surface area contributed by atoms with Crippen molar-refractivity contribution in [1.82, 2.24) is 9.78 Å². The Morgan fingerprint density at radius 1 is 1.25 bits per heavy atom. The molecular formula is C13H17N3. The highest BCUT2D eigenvalue weighted by Gasteiger charge is 2.05. The summed E-state index contributed by atoms with van der Waals surface area (Å²) in [5.41, 5.74) is 10.7. The summed E-state index contributed by atoms with van der Waals surface area (Å²) in [5, 5.41) is 4.37. The highest BCUT2D eigenvalue weighted by molar-refractivity contribution is 5.36. The van der Waals surface area contributed by atoms with Crippen molar-refractivity contribution in [3.05, 3.63) is 46.6 Å². The summed E-state index contributed by atoms with van der Waals surface area (Å²) in [6.45, 7) is 6.96. The summed E-state index contributed by atoms with van der Waals surface area (Å²) in [6, 6.07) is 8.21. The molecule has 1 aromatic heterocycles. The molecule has 0 spiro atoms. The van der Waals surface area contributed by atoms with Crippen LogP contribution in [0.5, 0.6) is 0 Å². The maximum atomic E-state index is 5.88. The van der Waals surface area contributed by atoms with Crippen LogP contribution in [-0.4, -0.2) is 9.78 Å². The number of anilines is 1. The van der Waals surface area contributed by atoms with Crippen molar-refractivity contribution >= 4 is 5.82 Å². The van der Waals surface area contributed by atoms with Gasteiger partial charge in [0.15, 0.2) is 0 Å². The predicted molar refractivity (Wildman–Crippen MR) is 66.4 cm³/mol. The van der Waals surface area contributed by atoms with Crippen LogP contribution < -0.4 is 5.73 Å². The van der Waals surface area contributed by atoms with Crippen LogP contribution in [0.25, 0.3) is 0 Å². The van der Waals surface area contributed by atoms with E-state index >= 15 is 0 Å². The van der Waals surface area contributed by atoms with Crippen LogP contribution in [0.3, 0.4) is 0 Å². The lowest BCUT2D eigenvalue weighted by molar-refractivity contribution is 0.686. The van der Waals surface area contributed by atoms with Crippen molar-refractivity contribution in [2.45, 2.75) is 27.3 Å². The van der Waals surface area contributed by atoms with Crippen molar-refractivity contribution < 1.29 is 0 Å². The summed E-state index contributed by atoms with van der Waals surface area (Å²) in [6.07, 6.45) is 0. The predicted octanol–water partition coefficient (Wildman–Crippen LogP) is 2.44. The van der Waals surface area contributed by atoms with E-state index in [1.54, 1.807) is 0 Å². The average Bonchev–Trinajstić information content (AvgIpc) is 2.53. The number of hydrogen-bond acceptors (Lipinski definition) is 2. The fourth-order valence-electron chi connectivity index (χ4n) is 1.84. The number of nitrogen functional groups attached to an aromatic ring is 1. The van der Waals surface area contributed by atoms with Crippen molar-refractivity contribution in [2.24, 2.45) is 0 Å². The Morgan fingerprint density at radius 2 is 2.00 bits per heavy atom. The zero-order chi connectivity index (χ0) is 11.7. The summed E-state index contributed by atoms with van der Waals surface area (Å²) >= 11 is 0. The second-order valence-corrected chi connectivity index (χ2v) is 4.23. The van der Waals surface area contributed by atoms with E-state index in [-0.39, 0.29) is 0 Å². The largest absolute Gasteiger partial charge is 0.384 e. The third-order valence-electron chi connectivity index (χ3n) is 2.97. The van der Waals surface area contributed by atoms with Crippen molar-refractivity contribution in [1.29, 1.82) is 0 Å². The van der Waals surface area contributed by atoms with Crippen LogP contribution in [0.1, 0.15) is 22.4 Å². The molecule has 3 heteroatoms. The molecule has 1 heterocycles. The van der Waals surface area contributed by atoms with Crippen LogP contribution in [0, 0.1) is 20.8 Å². The van der Waals surface area contributed by atoms with E-state index in [4.69, 9.17) is 5.73 Å². The zero-order valence-corrected chi connectivity index (χ0v) is 9.99. The zero-order valence-electron chi connectivity index (χ0n) is 9.99. The van der Waals surface area contributed by atoms with Crippen LogP contribution in [-0.2, 0) is 6.54 Å². The second kappa shape index (κ2) is 4.00. The number of hydrogen-bond donors (Lipinski definition) is 1. The topological polar surface area (TPSA) is 43.8 Å². The monoisotopic (exact) mass is 215 g/mol. The minimum Gasteiger partial charge on any atom is -0.384 e. The Balaban J connectivity index is 2.34. The van der Waals surface area contributed by atoms with E-state index in [0.717, 1.165) is 18.1 Å². The van der Waals surface area contributed by atoms with Gasteiger partial charge in [0, 0.05) is 6.07 Å². The van der Waals surface area contributed by atoms with Gasteiger partial charge in [-0.2, -0.15) is 5.10 Å². The molecule has 16 heavy (non-hydrogen) atoms. The van der Waals surface area contributed by atoms with Gasteiger partial charge >= 0.3 is 0 Å². The van der Waals surface area contributed by atoms with Gasteiger partial charge in [0.1, 0.15) is 5.82 Å². The van der Waals surface area contributed by atoms with Crippen molar-refractivity contribution in [3.63, 3.8) is 0 Å². The first kappa shape index (κ1) is 10.7. The fraction of sp³-hybridized carbons (Fsp3) is 0.308. The number of nitrogens with two attached hydrogens (primary N) is 1. The molecule has 0 amide bonds. The standard InChI is InChI=1S/C13H17N3/c1-9-5-4-6-12(11(9)3)8-16-13(14)7-10(2)15-16/h4-7H,8,14H2,1-3H3.